The maximum atomic E-state index is 13.4. The lowest BCUT2D eigenvalue weighted by molar-refractivity contribution is -0.258. The molecule has 1 saturated heterocycles. The van der Waals surface area contributed by atoms with Crippen molar-refractivity contribution in [2.45, 2.75) is 42.3 Å². The third-order valence-electron chi connectivity index (χ3n) is 7.19. The topological polar surface area (TPSA) is 98.2 Å². The fourth-order valence-corrected chi connectivity index (χ4v) is 8.73. The van der Waals surface area contributed by atoms with Crippen LogP contribution in [0.4, 0.5) is 18.9 Å². The van der Waals surface area contributed by atoms with Crippen molar-refractivity contribution in [1.29, 1.82) is 0 Å². The lowest BCUT2D eigenvalue weighted by atomic mass is 9.95. The first kappa shape index (κ1) is 30.8. The number of sulfonamides is 2. The maximum absolute atomic E-state index is 13.4. The van der Waals surface area contributed by atoms with Crippen LogP contribution in [0.1, 0.15) is 24.5 Å². The number of thioether (sulfide) groups is 1. The van der Waals surface area contributed by atoms with Crippen molar-refractivity contribution in [3.63, 3.8) is 0 Å². The Balaban J connectivity index is 1.65. The summed E-state index contributed by atoms with van der Waals surface area (Å²) in [6.45, 7) is 1.05. The zero-order valence-corrected chi connectivity index (χ0v) is 24.5. The molecule has 0 spiro atoms. The van der Waals surface area contributed by atoms with Gasteiger partial charge in [-0.25, -0.2) is 16.8 Å². The van der Waals surface area contributed by atoms with Gasteiger partial charge in [-0.3, -0.25) is 0 Å². The molecule has 2 aromatic carbocycles. The van der Waals surface area contributed by atoms with Crippen molar-refractivity contribution in [1.82, 2.24) is 8.61 Å². The highest BCUT2D eigenvalue weighted by atomic mass is 32.3. The van der Waals surface area contributed by atoms with Crippen LogP contribution in [0, 0.1) is 0 Å². The minimum absolute atomic E-state index is 0.00220. The predicted octanol–water partition coefficient (Wildman–Crippen LogP) is 3.72. The molecule has 3 atom stereocenters. The second kappa shape index (κ2) is 11.6. The molecule has 4 rings (SSSR count). The summed E-state index contributed by atoms with van der Waals surface area (Å²) in [6, 6.07) is 13.6. The number of benzene rings is 2. The summed E-state index contributed by atoms with van der Waals surface area (Å²) in [5.41, 5.74) is -2.14. The predicted molar refractivity (Wildman–Crippen MR) is 151 cm³/mol. The molecule has 2 heterocycles. The van der Waals surface area contributed by atoms with Gasteiger partial charge in [0, 0.05) is 38.4 Å². The van der Waals surface area contributed by atoms with E-state index in [0.717, 1.165) is 11.8 Å². The van der Waals surface area contributed by atoms with E-state index in [1.54, 1.807) is 35.7 Å². The molecule has 14 heteroatoms. The molecular weight excluding hydrogens is 587 g/mol. The van der Waals surface area contributed by atoms with Crippen molar-refractivity contribution >= 4 is 37.5 Å². The average Bonchev–Trinajstić information content (AvgIpc) is 3.44. The molecule has 0 aliphatic carbocycles. The molecule has 2 aliphatic rings. The molecule has 8 nitrogen and oxygen atoms in total. The van der Waals surface area contributed by atoms with E-state index in [1.807, 2.05) is 11.0 Å². The van der Waals surface area contributed by atoms with E-state index in [-0.39, 0.29) is 38.3 Å². The number of anilines is 1. The van der Waals surface area contributed by atoms with Crippen LogP contribution < -0.4 is 4.90 Å². The van der Waals surface area contributed by atoms with Crippen LogP contribution in [0.25, 0.3) is 0 Å². The second-order valence-corrected chi connectivity index (χ2v) is 15.6. The minimum Gasteiger partial charge on any atom is -0.376 e. The highest BCUT2D eigenvalue weighted by Crippen LogP contribution is 2.39. The van der Waals surface area contributed by atoms with Crippen molar-refractivity contribution in [3.05, 3.63) is 77.2 Å². The Labute approximate surface area is 237 Å². The van der Waals surface area contributed by atoms with Crippen molar-refractivity contribution in [3.8, 4) is 0 Å². The van der Waals surface area contributed by atoms with E-state index in [9.17, 15) is 35.1 Å². The Bertz CT molecular complexity index is 1410. The van der Waals surface area contributed by atoms with Crippen molar-refractivity contribution < 1.29 is 35.1 Å². The van der Waals surface area contributed by atoms with Crippen LogP contribution in [0.5, 0.6) is 0 Å². The lowest BCUT2D eigenvalue weighted by Crippen LogP contribution is -2.59. The van der Waals surface area contributed by atoms with E-state index in [2.05, 4.69) is 0 Å². The number of hydrogen-bond donors (Lipinski definition) is 1. The van der Waals surface area contributed by atoms with Crippen LogP contribution >= 0.6 is 11.8 Å². The van der Waals surface area contributed by atoms with E-state index in [1.165, 1.54) is 44.6 Å². The fraction of sp³-hybridized carbons (Fsp3) is 0.462. The van der Waals surface area contributed by atoms with Gasteiger partial charge >= 0.3 is 6.18 Å². The third-order valence-corrected chi connectivity index (χ3v) is 12.2. The molecule has 0 amide bonds. The van der Waals surface area contributed by atoms with Gasteiger partial charge in [0.05, 0.1) is 12.3 Å². The highest BCUT2D eigenvalue weighted by Gasteiger charge is 2.51. The number of allylic oxidation sites excluding steroid dienone is 1. The number of alkyl halides is 3. The summed E-state index contributed by atoms with van der Waals surface area (Å²) in [5, 5.41) is 11.8. The number of hydrogen-bond acceptors (Lipinski definition) is 7. The molecule has 220 valence electrons. The largest absolute Gasteiger partial charge is 0.421 e. The van der Waals surface area contributed by atoms with Gasteiger partial charge in [0.1, 0.15) is 4.58 Å². The molecular formula is C26H32F3N3O5S3. The van der Waals surface area contributed by atoms with Gasteiger partial charge in [-0.1, -0.05) is 48.5 Å². The Kier molecular flexibility index (Phi) is 8.98. The Morgan fingerprint density at radius 1 is 1.02 bits per heavy atom. The molecule has 1 fully saturated rings. The molecule has 2 aliphatic heterocycles. The molecule has 0 aromatic heterocycles. The summed E-state index contributed by atoms with van der Waals surface area (Å²) in [7, 11) is -7.40. The van der Waals surface area contributed by atoms with Gasteiger partial charge in [-0.15, -0.1) is 11.8 Å². The second-order valence-electron chi connectivity index (χ2n) is 10.1. The molecule has 0 bridgehead atoms. The summed E-state index contributed by atoms with van der Waals surface area (Å²) >= 11 is 1.22. The molecule has 1 unspecified atom stereocenters. The summed E-state index contributed by atoms with van der Waals surface area (Å²) < 4.78 is 94.5. The van der Waals surface area contributed by atoms with Crippen LogP contribution in [0.3, 0.4) is 0 Å². The zero-order valence-electron chi connectivity index (χ0n) is 22.0. The van der Waals surface area contributed by atoms with Gasteiger partial charge in [0.15, 0.2) is 5.60 Å². The molecule has 0 saturated carbocycles. The highest BCUT2D eigenvalue weighted by molar-refractivity contribution is 8.14. The monoisotopic (exact) mass is 619 g/mol. The summed E-state index contributed by atoms with van der Waals surface area (Å²) in [6.07, 6.45) is -1.62. The van der Waals surface area contributed by atoms with E-state index in [0.29, 0.717) is 19.0 Å². The fourth-order valence-electron chi connectivity index (χ4n) is 4.76. The SMILES string of the molecule is C[C@@](O)(c1ccc(N2CCN(S(=O)(=O)C3CC=CS3)C[C@@H]2CN(Cc2ccccc2)S(C)(=O)=O)cc1)C(F)(F)F. The van der Waals surface area contributed by atoms with Gasteiger partial charge in [0.25, 0.3) is 0 Å². The van der Waals surface area contributed by atoms with Gasteiger partial charge in [0.2, 0.25) is 20.0 Å². The number of rotatable bonds is 9. The van der Waals surface area contributed by atoms with Gasteiger partial charge in [-0.2, -0.15) is 21.8 Å². The summed E-state index contributed by atoms with van der Waals surface area (Å²) in [4.78, 5) is 1.82. The Morgan fingerprint density at radius 2 is 1.68 bits per heavy atom. The first-order valence-electron chi connectivity index (χ1n) is 12.6. The standard InChI is InChI=1S/C26H32F3N3O5S3/c1-25(33,26(27,28)29)21-10-12-22(13-11-21)32-15-14-30(40(36,37)24-9-6-16-38-24)18-23(32)19-31(39(2,34)35)17-20-7-4-3-5-8-20/h3-8,10-13,16,23-24,33H,9,14-15,17-19H2,1-2H3/t23-,24?,25-/m1/s1. The molecule has 2 aromatic rings. The average molecular weight is 620 g/mol. The maximum Gasteiger partial charge on any atom is 0.421 e. The smallest absolute Gasteiger partial charge is 0.376 e. The number of piperazine rings is 1. The minimum atomic E-state index is -4.88. The lowest BCUT2D eigenvalue weighted by Gasteiger charge is -2.44. The zero-order chi connectivity index (χ0) is 29.3. The van der Waals surface area contributed by atoms with Gasteiger partial charge in [-0.05, 0) is 42.0 Å². The molecule has 40 heavy (non-hydrogen) atoms. The van der Waals surface area contributed by atoms with E-state index in [4.69, 9.17) is 0 Å². The first-order valence-corrected chi connectivity index (χ1v) is 16.8. The van der Waals surface area contributed by atoms with Crippen LogP contribution in [0.15, 0.2) is 66.1 Å². The van der Waals surface area contributed by atoms with E-state index < -0.39 is 42.4 Å². The Hall–Kier alpha value is -2.10. The van der Waals surface area contributed by atoms with Crippen LogP contribution in [-0.4, -0.2) is 79.8 Å². The molecule has 0 radical (unpaired) electrons. The van der Waals surface area contributed by atoms with Gasteiger partial charge < -0.3 is 10.0 Å². The van der Waals surface area contributed by atoms with Crippen molar-refractivity contribution in [2.24, 2.45) is 0 Å². The third kappa shape index (κ3) is 6.68. The van der Waals surface area contributed by atoms with Crippen molar-refractivity contribution in [2.75, 3.05) is 37.3 Å². The number of aliphatic hydroxyl groups is 1. The molecule has 1 N–H and O–H groups in total. The quantitative estimate of drug-likeness (QED) is 0.457. The Morgan fingerprint density at radius 3 is 2.23 bits per heavy atom. The first-order chi connectivity index (χ1) is 18.6. The van der Waals surface area contributed by atoms with Crippen LogP contribution in [0.2, 0.25) is 0 Å². The number of nitrogens with zero attached hydrogens (tertiary/aromatic N) is 3. The normalized spacial score (nSPS) is 22.5. The summed E-state index contributed by atoms with van der Waals surface area (Å²) in [5.74, 6) is 0. The number of halogens is 3. The van der Waals surface area contributed by atoms with Crippen LogP contribution in [-0.2, 0) is 32.2 Å². The van der Waals surface area contributed by atoms with E-state index >= 15 is 0 Å².